The lowest BCUT2D eigenvalue weighted by Crippen LogP contribution is -2.13. The summed E-state index contributed by atoms with van der Waals surface area (Å²) < 4.78 is 5.33. The lowest BCUT2D eigenvalue weighted by atomic mass is 9.99. The molecule has 0 spiro atoms. The van der Waals surface area contributed by atoms with E-state index in [0.717, 1.165) is 43.7 Å². The molecule has 0 aliphatic carbocycles. The zero-order valence-electron chi connectivity index (χ0n) is 17.7. The monoisotopic (exact) mass is 429 g/mol. The molecule has 5 heteroatoms. The first-order chi connectivity index (χ1) is 16.3. The molecule has 1 N–H and O–H groups in total. The second kappa shape index (κ2) is 7.88. The Bertz CT molecular complexity index is 1660. The number of anilines is 1. The first-order valence-electron chi connectivity index (χ1n) is 10.7. The van der Waals surface area contributed by atoms with Crippen molar-refractivity contribution in [3.8, 4) is 0 Å². The van der Waals surface area contributed by atoms with E-state index in [0.29, 0.717) is 11.2 Å². The summed E-state index contributed by atoms with van der Waals surface area (Å²) in [7, 11) is 0. The lowest BCUT2D eigenvalue weighted by Gasteiger charge is -2.11. The molecule has 1 heterocycles. The smallest absolute Gasteiger partial charge is 0.411 e. The molecule has 0 saturated carbocycles. The molecule has 0 saturated heterocycles. The van der Waals surface area contributed by atoms with Gasteiger partial charge in [0.1, 0.15) is 6.61 Å². The number of ether oxygens (including phenoxy) is 1. The van der Waals surface area contributed by atoms with Crippen LogP contribution in [0.25, 0.3) is 43.6 Å². The number of rotatable bonds is 3. The SMILES string of the molecule is O=C(Nc1ccc2nc3c4ccccc4c4ccccc4c3nc2c1)OCc1ccccc1. The standard InChI is InChI=1S/C28H19N3O2/c32-28(33-17-18-8-2-1-3-9-18)29-19-14-15-24-25(16-19)31-27-23-13-7-5-11-21(23)20-10-4-6-12-22(20)26(27)30-24/h1-16H,17H2,(H,29,32). The minimum Gasteiger partial charge on any atom is -0.444 e. The number of carbonyl (C=O) groups excluding carboxylic acids is 1. The highest BCUT2D eigenvalue weighted by molar-refractivity contribution is 6.23. The molecule has 6 aromatic rings. The van der Waals surface area contributed by atoms with Gasteiger partial charge in [0, 0.05) is 16.5 Å². The number of nitrogens with one attached hydrogen (secondary N) is 1. The zero-order chi connectivity index (χ0) is 22.2. The van der Waals surface area contributed by atoms with Crippen LogP contribution in [0.1, 0.15) is 5.56 Å². The summed E-state index contributed by atoms with van der Waals surface area (Å²) >= 11 is 0. The van der Waals surface area contributed by atoms with Crippen molar-refractivity contribution in [1.82, 2.24) is 9.97 Å². The number of nitrogens with zero attached hydrogens (tertiary/aromatic N) is 2. The largest absolute Gasteiger partial charge is 0.444 e. The van der Waals surface area contributed by atoms with Crippen molar-refractivity contribution in [1.29, 1.82) is 0 Å². The summed E-state index contributed by atoms with van der Waals surface area (Å²) in [6.07, 6.45) is -0.511. The fourth-order valence-corrected chi connectivity index (χ4v) is 4.23. The van der Waals surface area contributed by atoms with Gasteiger partial charge in [-0.15, -0.1) is 0 Å². The normalized spacial score (nSPS) is 11.3. The van der Waals surface area contributed by atoms with Crippen LogP contribution in [-0.4, -0.2) is 16.1 Å². The molecule has 5 nitrogen and oxygen atoms in total. The molecule has 6 rings (SSSR count). The van der Waals surface area contributed by atoms with Crippen molar-refractivity contribution in [3.63, 3.8) is 0 Å². The van der Waals surface area contributed by atoms with Gasteiger partial charge in [-0.1, -0.05) is 78.9 Å². The first kappa shape index (κ1) is 19.2. The zero-order valence-corrected chi connectivity index (χ0v) is 17.7. The van der Waals surface area contributed by atoms with E-state index in [2.05, 4.69) is 29.6 Å². The summed E-state index contributed by atoms with van der Waals surface area (Å²) in [5, 5.41) is 7.23. The molecule has 5 aromatic carbocycles. The van der Waals surface area contributed by atoms with E-state index < -0.39 is 6.09 Å². The maximum absolute atomic E-state index is 12.3. The van der Waals surface area contributed by atoms with Crippen LogP contribution in [0.3, 0.4) is 0 Å². The molecule has 0 atom stereocenters. The molecule has 0 aliphatic rings. The molecule has 0 fully saturated rings. The van der Waals surface area contributed by atoms with E-state index >= 15 is 0 Å². The van der Waals surface area contributed by atoms with E-state index in [1.165, 1.54) is 0 Å². The minimum absolute atomic E-state index is 0.212. The summed E-state index contributed by atoms with van der Waals surface area (Å²) in [4.78, 5) is 22.2. The highest BCUT2D eigenvalue weighted by Gasteiger charge is 2.12. The van der Waals surface area contributed by atoms with Gasteiger partial charge in [0.05, 0.1) is 22.1 Å². The van der Waals surface area contributed by atoms with Crippen LogP contribution in [0.4, 0.5) is 10.5 Å². The Hall–Kier alpha value is -4.51. The Kier molecular flexibility index (Phi) is 4.58. The van der Waals surface area contributed by atoms with Crippen LogP contribution in [0, 0.1) is 0 Å². The van der Waals surface area contributed by atoms with E-state index in [1.54, 1.807) is 0 Å². The third-order valence-electron chi connectivity index (χ3n) is 5.78. The molecule has 1 amide bonds. The predicted molar refractivity (Wildman–Crippen MR) is 132 cm³/mol. The van der Waals surface area contributed by atoms with Crippen molar-refractivity contribution < 1.29 is 9.53 Å². The van der Waals surface area contributed by atoms with Crippen molar-refractivity contribution >= 4 is 55.4 Å². The number of benzene rings is 5. The maximum Gasteiger partial charge on any atom is 0.411 e. The van der Waals surface area contributed by atoms with Crippen LogP contribution < -0.4 is 5.32 Å². The number of hydrogen-bond acceptors (Lipinski definition) is 4. The second-order valence-electron chi connectivity index (χ2n) is 7.90. The van der Waals surface area contributed by atoms with Crippen LogP contribution in [0.15, 0.2) is 97.1 Å². The minimum atomic E-state index is -0.511. The summed E-state index contributed by atoms with van der Waals surface area (Å²) in [6, 6.07) is 31.6. The average Bonchev–Trinajstić information content (AvgIpc) is 2.87. The van der Waals surface area contributed by atoms with E-state index in [-0.39, 0.29) is 6.61 Å². The number of hydrogen-bond donors (Lipinski definition) is 1. The fraction of sp³-hybridized carbons (Fsp3) is 0.0357. The Morgan fingerprint density at radius 1 is 0.667 bits per heavy atom. The van der Waals surface area contributed by atoms with E-state index in [4.69, 9.17) is 14.7 Å². The van der Waals surface area contributed by atoms with Gasteiger partial charge in [0.25, 0.3) is 0 Å². The third kappa shape index (κ3) is 3.49. The molecule has 158 valence electrons. The molecular formula is C28H19N3O2. The maximum atomic E-state index is 12.3. The second-order valence-corrected chi connectivity index (χ2v) is 7.90. The van der Waals surface area contributed by atoms with Crippen LogP contribution in [0.5, 0.6) is 0 Å². The molecule has 33 heavy (non-hydrogen) atoms. The van der Waals surface area contributed by atoms with E-state index in [9.17, 15) is 4.79 Å². The van der Waals surface area contributed by atoms with Gasteiger partial charge >= 0.3 is 6.09 Å². The topological polar surface area (TPSA) is 64.1 Å². The molecule has 1 aromatic heterocycles. The van der Waals surface area contributed by atoms with Crippen molar-refractivity contribution in [2.45, 2.75) is 6.61 Å². The quantitative estimate of drug-likeness (QED) is 0.247. The highest BCUT2D eigenvalue weighted by Crippen LogP contribution is 2.34. The van der Waals surface area contributed by atoms with Crippen LogP contribution in [-0.2, 0) is 11.3 Å². The van der Waals surface area contributed by atoms with E-state index in [1.807, 2.05) is 72.8 Å². The average molecular weight is 429 g/mol. The number of amides is 1. The molecule has 0 radical (unpaired) electrons. The Morgan fingerprint density at radius 2 is 1.24 bits per heavy atom. The van der Waals surface area contributed by atoms with Gasteiger partial charge in [-0.05, 0) is 34.5 Å². The van der Waals surface area contributed by atoms with Crippen molar-refractivity contribution in [3.05, 3.63) is 103 Å². The number of carbonyl (C=O) groups is 1. The van der Waals surface area contributed by atoms with Gasteiger partial charge in [0.2, 0.25) is 0 Å². The van der Waals surface area contributed by atoms with Crippen molar-refractivity contribution in [2.75, 3.05) is 5.32 Å². The molecule has 0 bridgehead atoms. The lowest BCUT2D eigenvalue weighted by molar-refractivity contribution is 0.155. The first-order valence-corrected chi connectivity index (χ1v) is 10.7. The van der Waals surface area contributed by atoms with Crippen molar-refractivity contribution in [2.24, 2.45) is 0 Å². The van der Waals surface area contributed by atoms with Gasteiger partial charge in [-0.3, -0.25) is 5.32 Å². The molecule has 0 aliphatic heterocycles. The molecule has 0 unspecified atom stereocenters. The number of aromatic nitrogens is 2. The summed E-state index contributed by atoms with van der Waals surface area (Å²) in [5.74, 6) is 0. The fourth-order valence-electron chi connectivity index (χ4n) is 4.23. The van der Waals surface area contributed by atoms with Gasteiger partial charge in [0.15, 0.2) is 0 Å². The highest BCUT2D eigenvalue weighted by atomic mass is 16.5. The summed E-state index contributed by atoms with van der Waals surface area (Å²) in [5.41, 5.74) is 4.75. The van der Waals surface area contributed by atoms with Crippen LogP contribution >= 0.6 is 0 Å². The Labute approximate surface area is 189 Å². The number of fused-ring (bicyclic) bond motifs is 7. The molecular weight excluding hydrogens is 410 g/mol. The predicted octanol–water partition coefficient (Wildman–Crippen LogP) is 6.84. The van der Waals surface area contributed by atoms with Gasteiger partial charge in [-0.2, -0.15) is 0 Å². The Morgan fingerprint density at radius 3 is 1.91 bits per heavy atom. The Balaban J connectivity index is 1.40. The van der Waals surface area contributed by atoms with Crippen LogP contribution in [0.2, 0.25) is 0 Å². The van der Waals surface area contributed by atoms with Gasteiger partial charge < -0.3 is 4.74 Å². The summed E-state index contributed by atoms with van der Waals surface area (Å²) in [6.45, 7) is 0.212. The van der Waals surface area contributed by atoms with Gasteiger partial charge in [-0.25, -0.2) is 14.8 Å². The third-order valence-corrected chi connectivity index (χ3v) is 5.78.